The molecule has 1 aliphatic rings. The van der Waals surface area contributed by atoms with Crippen molar-refractivity contribution in [3.8, 4) is 5.75 Å². The second kappa shape index (κ2) is 7.41. The standard InChI is InChI=1S/C16H22O4/c1-12-7-3-4-9-15(12)20-16(17)13(2)19-11-14-8-5-6-10-18-14/h3-4,7,9,13-14H,5-6,8,10-11H2,1-2H3. The van der Waals surface area contributed by atoms with Crippen LogP contribution in [0.2, 0.25) is 0 Å². The largest absolute Gasteiger partial charge is 0.424 e. The number of carbonyl (C=O) groups excluding carboxylic acids is 1. The molecule has 1 aliphatic heterocycles. The molecule has 1 saturated heterocycles. The maximum atomic E-state index is 11.9. The first kappa shape index (κ1) is 15.0. The van der Waals surface area contributed by atoms with Crippen LogP contribution in [0, 0.1) is 6.92 Å². The lowest BCUT2D eigenvalue weighted by Gasteiger charge is -2.23. The van der Waals surface area contributed by atoms with Gasteiger partial charge in [0.25, 0.3) is 0 Å². The van der Waals surface area contributed by atoms with Crippen molar-refractivity contribution in [2.75, 3.05) is 13.2 Å². The van der Waals surface area contributed by atoms with Gasteiger partial charge < -0.3 is 14.2 Å². The molecule has 2 rings (SSSR count). The fourth-order valence-electron chi connectivity index (χ4n) is 2.12. The lowest BCUT2D eigenvalue weighted by Crippen LogP contribution is -2.31. The zero-order chi connectivity index (χ0) is 14.4. The highest BCUT2D eigenvalue weighted by Crippen LogP contribution is 2.18. The number of hydrogen-bond donors (Lipinski definition) is 0. The van der Waals surface area contributed by atoms with E-state index in [1.54, 1.807) is 13.0 Å². The van der Waals surface area contributed by atoms with Gasteiger partial charge in [0.15, 0.2) is 6.10 Å². The first-order valence-electron chi connectivity index (χ1n) is 7.17. The van der Waals surface area contributed by atoms with Crippen LogP contribution < -0.4 is 4.74 Å². The Morgan fingerprint density at radius 1 is 1.40 bits per heavy atom. The molecular formula is C16H22O4. The molecule has 0 amide bonds. The van der Waals surface area contributed by atoms with Crippen molar-refractivity contribution < 1.29 is 19.0 Å². The third kappa shape index (κ3) is 4.32. The Bertz CT molecular complexity index is 438. The maximum Gasteiger partial charge on any atom is 0.340 e. The topological polar surface area (TPSA) is 44.8 Å². The van der Waals surface area contributed by atoms with E-state index in [4.69, 9.17) is 14.2 Å². The Labute approximate surface area is 120 Å². The van der Waals surface area contributed by atoms with E-state index in [-0.39, 0.29) is 12.1 Å². The molecule has 1 aromatic carbocycles. The number of ether oxygens (including phenoxy) is 3. The maximum absolute atomic E-state index is 11.9. The molecule has 0 aliphatic carbocycles. The summed E-state index contributed by atoms with van der Waals surface area (Å²) in [5, 5.41) is 0. The monoisotopic (exact) mass is 278 g/mol. The van der Waals surface area contributed by atoms with Crippen molar-refractivity contribution in [3.63, 3.8) is 0 Å². The summed E-state index contributed by atoms with van der Waals surface area (Å²) in [6.07, 6.45) is 2.80. The molecule has 0 saturated carbocycles. The first-order valence-corrected chi connectivity index (χ1v) is 7.17. The van der Waals surface area contributed by atoms with E-state index in [0.717, 1.165) is 31.4 Å². The van der Waals surface area contributed by atoms with Gasteiger partial charge in [0, 0.05) is 6.61 Å². The Hall–Kier alpha value is -1.39. The van der Waals surface area contributed by atoms with Crippen LogP contribution in [0.5, 0.6) is 5.75 Å². The van der Waals surface area contributed by atoms with Crippen molar-refractivity contribution in [1.82, 2.24) is 0 Å². The summed E-state index contributed by atoms with van der Waals surface area (Å²) < 4.78 is 16.5. The zero-order valence-electron chi connectivity index (χ0n) is 12.1. The van der Waals surface area contributed by atoms with E-state index in [1.807, 2.05) is 25.1 Å². The lowest BCUT2D eigenvalue weighted by molar-refractivity contribution is -0.149. The number of carbonyl (C=O) groups is 1. The molecule has 0 aromatic heterocycles. The summed E-state index contributed by atoms with van der Waals surface area (Å²) in [6, 6.07) is 7.44. The number of hydrogen-bond acceptors (Lipinski definition) is 4. The van der Waals surface area contributed by atoms with Gasteiger partial charge in [-0.15, -0.1) is 0 Å². The highest BCUT2D eigenvalue weighted by molar-refractivity contribution is 5.77. The van der Waals surface area contributed by atoms with E-state index in [1.165, 1.54) is 0 Å². The molecule has 1 heterocycles. The molecule has 1 fully saturated rings. The van der Waals surface area contributed by atoms with Gasteiger partial charge >= 0.3 is 5.97 Å². The van der Waals surface area contributed by atoms with Crippen molar-refractivity contribution in [2.24, 2.45) is 0 Å². The summed E-state index contributed by atoms with van der Waals surface area (Å²) in [7, 11) is 0. The molecular weight excluding hydrogens is 256 g/mol. The number of aryl methyl sites for hydroxylation is 1. The van der Waals surface area contributed by atoms with Crippen LogP contribution >= 0.6 is 0 Å². The van der Waals surface area contributed by atoms with E-state index in [9.17, 15) is 4.79 Å². The summed E-state index contributed by atoms with van der Waals surface area (Å²) in [5.41, 5.74) is 0.934. The van der Waals surface area contributed by atoms with Gasteiger partial charge in [-0.2, -0.15) is 0 Å². The second-order valence-electron chi connectivity index (χ2n) is 5.15. The summed E-state index contributed by atoms with van der Waals surface area (Å²) in [6.45, 7) is 4.85. The van der Waals surface area contributed by atoms with Crippen LogP contribution in [-0.4, -0.2) is 31.4 Å². The van der Waals surface area contributed by atoms with Crippen molar-refractivity contribution in [3.05, 3.63) is 29.8 Å². The van der Waals surface area contributed by atoms with Gasteiger partial charge in [0.05, 0.1) is 12.7 Å². The minimum atomic E-state index is -0.583. The van der Waals surface area contributed by atoms with Crippen LogP contribution in [0.4, 0.5) is 0 Å². The van der Waals surface area contributed by atoms with Crippen molar-refractivity contribution in [1.29, 1.82) is 0 Å². The van der Waals surface area contributed by atoms with E-state index < -0.39 is 6.10 Å². The predicted molar refractivity (Wildman–Crippen MR) is 75.8 cm³/mol. The average Bonchev–Trinajstić information content (AvgIpc) is 2.48. The van der Waals surface area contributed by atoms with Gasteiger partial charge in [0.1, 0.15) is 5.75 Å². The summed E-state index contributed by atoms with van der Waals surface area (Å²) >= 11 is 0. The quantitative estimate of drug-likeness (QED) is 0.613. The summed E-state index contributed by atoms with van der Waals surface area (Å²) in [5.74, 6) is 0.219. The molecule has 20 heavy (non-hydrogen) atoms. The smallest absolute Gasteiger partial charge is 0.340 e. The molecule has 0 bridgehead atoms. The Morgan fingerprint density at radius 3 is 2.90 bits per heavy atom. The lowest BCUT2D eigenvalue weighted by atomic mass is 10.1. The number of benzene rings is 1. The highest BCUT2D eigenvalue weighted by atomic mass is 16.6. The molecule has 4 heteroatoms. The number of para-hydroxylation sites is 1. The SMILES string of the molecule is Cc1ccccc1OC(=O)C(C)OCC1CCCCO1. The van der Waals surface area contributed by atoms with Gasteiger partial charge in [0.2, 0.25) is 0 Å². The molecule has 2 unspecified atom stereocenters. The molecule has 0 radical (unpaired) electrons. The molecule has 0 N–H and O–H groups in total. The third-order valence-electron chi connectivity index (χ3n) is 3.44. The Balaban J connectivity index is 1.78. The Kier molecular flexibility index (Phi) is 5.56. The average molecular weight is 278 g/mol. The fraction of sp³-hybridized carbons (Fsp3) is 0.562. The van der Waals surface area contributed by atoms with E-state index >= 15 is 0 Å². The minimum Gasteiger partial charge on any atom is -0.424 e. The number of rotatable bonds is 5. The van der Waals surface area contributed by atoms with Crippen molar-refractivity contribution in [2.45, 2.75) is 45.3 Å². The van der Waals surface area contributed by atoms with Crippen LogP contribution in [0.3, 0.4) is 0 Å². The normalized spacial score (nSPS) is 20.4. The van der Waals surface area contributed by atoms with E-state index in [0.29, 0.717) is 12.4 Å². The Morgan fingerprint density at radius 2 is 2.20 bits per heavy atom. The first-order chi connectivity index (χ1) is 9.66. The zero-order valence-corrected chi connectivity index (χ0v) is 12.1. The van der Waals surface area contributed by atoms with Crippen LogP contribution in [0.25, 0.3) is 0 Å². The van der Waals surface area contributed by atoms with Crippen LogP contribution in [0.1, 0.15) is 31.7 Å². The fourth-order valence-corrected chi connectivity index (χ4v) is 2.12. The molecule has 1 aromatic rings. The van der Waals surface area contributed by atoms with Crippen molar-refractivity contribution >= 4 is 5.97 Å². The van der Waals surface area contributed by atoms with Gasteiger partial charge in [-0.3, -0.25) is 0 Å². The predicted octanol–water partition coefficient (Wildman–Crippen LogP) is 2.87. The van der Waals surface area contributed by atoms with Gasteiger partial charge in [-0.05, 0) is 44.7 Å². The molecule has 4 nitrogen and oxygen atoms in total. The van der Waals surface area contributed by atoms with Gasteiger partial charge in [-0.1, -0.05) is 18.2 Å². The van der Waals surface area contributed by atoms with E-state index in [2.05, 4.69) is 0 Å². The van der Waals surface area contributed by atoms with Crippen LogP contribution in [0.15, 0.2) is 24.3 Å². The summed E-state index contributed by atoms with van der Waals surface area (Å²) in [4.78, 5) is 11.9. The minimum absolute atomic E-state index is 0.109. The van der Waals surface area contributed by atoms with Crippen LogP contribution in [-0.2, 0) is 14.3 Å². The molecule has 110 valence electrons. The van der Waals surface area contributed by atoms with Gasteiger partial charge in [-0.25, -0.2) is 4.79 Å². The molecule has 0 spiro atoms. The highest BCUT2D eigenvalue weighted by Gasteiger charge is 2.20. The molecule has 2 atom stereocenters. The third-order valence-corrected chi connectivity index (χ3v) is 3.44. The number of esters is 1. The second-order valence-corrected chi connectivity index (χ2v) is 5.15.